The molecule has 7 heteroatoms. The van der Waals surface area contributed by atoms with Crippen LogP contribution in [-0.4, -0.2) is 4.98 Å². The van der Waals surface area contributed by atoms with Gasteiger partial charge in [-0.05, 0) is 48.4 Å². The van der Waals surface area contributed by atoms with Gasteiger partial charge in [-0.25, -0.2) is 14.2 Å². The average molecular weight is 411 g/mol. The summed E-state index contributed by atoms with van der Waals surface area (Å²) in [5.41, 5.74) is 1.87. The lowest BCUT2D eigenvalue weighted by Gasteiger charge is -2.07. The molecule has 0 spiro atoms. The zero-order valence-electron chi connectivity index (χ0n) is 15.7. The number of rotatable bonds is 7. The van der Waals surface area contributed by atoms with Gasteiger partial charge in [0.15, 0.2) is 0 Å². The molecule has 0 amide bonds. The number of benzene rings is 2. The molecule has 2 aromatic heterocycles. The fourth-order valence-electron chi connectivity index (χ4n) is 2.91. The number of fused-ring (bicyclic) bond motifs is 1. The van der Waals surface area contributed by atoms with E-state index in [1.165, 1.54) is 29.5 Å². The molecular formula is C22H18FNO4S. The molecule has 0 aliphatic carbocycles. The SMILES string of the molecule is CCc1cc(=O)oc2cc(OCc3csc(COc4ccc(F)cc4)n3)ccc12. The van der Waals surface area contributed by atoms with E-state index >= 15 is 0 Å². The van der Waals surface area contributed by atoms with Crippen molar-refractivity contribution >= 4 is 22.3 Å². The fourth-order valence-corrected chi connectivity index (χ4v) is 3.60. The summed E-state index contributed by atoms with van der Waals surface area (Å²) in [6.45, 7) is 2.59. The first-order valence-electron chi connectivity index (χ1n) is 9.12. The summed E-state index contributed by atoms with van der Waals surface area (Å²) in [7, 11) is 0. The van der Waals surface area contributed by atoms with Gasteiger partial charge < -0.3 is 13.9 Å². The zero-order valence-corrected chi connectivity index (χ0v) is 16.5. The molecule has 0 atom stereocenters. The minimum Gasteiger partial charge on any atom is -0.487 e. The summed E-state index contributed by atoms with van der Waals surface area (Å²) in [5, 5.41) is 3.61. The van der Waals surface area contributed by atoms with Gasteiger partial charge in [0.25, 0.3) is 0 Å². The van der Waals surface area contributed by atoms with Gasteiger partial charge in [0.05, 0.1) is 5.69 Å². The van der Waals surface area contributed by atoms with Crippen molar-refractivity contribution in [2.24, 2.45) is 0 Å². The Balaban J connectivity index is 1.39. The maximum atomic E-state index is 12.9. The third-order valence-electron chi connectivity index (χ3n) is 4.34. The quantitative estimate of drug-likeness (QED) is 0.396. The lowest BCUT2D eigenvalue weighted by molar-refractivity contribution is 0.294. The fraction of sp³-hybridized carbons (Fsp3) is 0.182. The Morgan fingerprint density at radius 1 is 1.03 bits per heavy atom. The first kappa shape index (κ1) is 19.1. The van der Waals surface area contributed by atoms with Crippen LogP contribution in [0.2, 0.25) is 0 Å². The van der Waals surface area contributed by atoms with E-state index in [4.69, 9.17) is 13.9 Å². The van der Waals surface area contributed by atoms with Gasteiger partial charge in [-0.2, -0.15) is 0 Å². The Labute approximate surface area is 170 Å². The summed E-state index contributed by atoms with van der Waals surface area (Å²) in [6.07, 6.45) is 0.754. The third kappa shape index (κ3) is 4.63. The zero-order chi connectivity index (χ0) is 20.2. The lowest BCUT2D eigenvalue weighted by atomic mass is 10.1. The van der Waals surface area contributed by atoms with E-state index in [-0.39, 0.29) is 18.0 Å². The van der Waals surface area contributed by atoms with E-state index in [1.807, 2.05) is 24.4 Å². The van der Waals surface area contributed by atoms with Gasteiger partial charge in [-0.3, -0.25) is 0 Å². The Kier molecular flexibility index (Phi) is 5.57. The number of ether oxygens (including phenoxy) is 2. The predicted molar refractivity (Wildman–Crippen MR) is 109 cm³/mol. The van der Waals surface area contributed by atoms with Crippen molar-refractivity contribution in [3.8, 4) is 11.5 Å². The van der Waals surface area contributed by atoms with Gasteiger partial charge >= 0.3 is 5.63 Å². The first-order valence-corrected chi connectivity index (χ1v) is 10.00. The Morgan fingerprint density at radius 2 is 1.79 bits per heavy atom. The molecule has 5 nitrogen and oxygen atoms in total. The number of thiazole rings is 1. The van der Waals surface area contributed by atoms with Crippen LogP contribution in [0.1, 0.15) is 23.2 Å². The van der Waals surface area contributed by atoms with Crippen molar-refractivity contribution in [3.63, 3.8) is 0 Å². The van der Waals surface area contributed by atoms with Gasteiger partial charge in [0.2, 0.25) is 0 Å². The maximum Gasteiger partial charge on any atom is 0.336 e. The molecule has 29 heavy (non-hydrogen) atoms. The second-order valence-corrected chi connectivity index (χ2v) is 7.31. The minimum atomic E-state index is -0.364. The molecular weight excluding hydrogens is 393 g/mol. The molecule has 4 rings (SSSR count). The second-order valence-electron chi connectivity index (χ2n) is 6.37. The van der Waals surface area contributed by atoms with Gasteiger partial charge in [-0.1, -0.05) is 6.92 Å². The standard InChI is InChI=1S/C22H18FNO4S/c1-2-14-9-22(25)28-20-10-18(7-8-19(14)20)26-11-16-13-29-21(24-16)12-27-17-5-3-15(23)4-6-17/h3-10,13H,2,11-12H2,1H3. The lowest BCUT2D eigenvalue weighted by Crippen LogP contribution is -2.01. The minimum absolute atomic E-state index is 0.288. The molecule has 0 saturated carbocycles. The van der Waals surface area contributed by atoms with E-state index in [0.29, 0.717) is 23.7 Å². The largest absolute Gasteiger partial charge is 0.487 e. The van der Waals surface area contributed by atoms with Crippen molar-refractivity contribution in [1.29, 1.82) is 0 Å². The van der Waals surface area contributed by atoms with E-state index in [0.717, 1.165) is 28.1 Å². The average Bonchev–Trinajstić information content (AvgIpc) is 3.19. The number of aryl methyl sites for hydroxylation is 1. The molecule has 4 aromatic rings. The van der Waals surface area contributed by atoms with E-state index in [1.54, 1.807) is 18.2 Å². The van der Waals surface area contributed by atoms with E-state index in [9.17, 15) is 9.18 Å². The maximum absolute atomic E-state index is 12.9. The normalized spacial score (nSPS) is 11.0. The van der Waals surface area contributed by atoms with Crippen LogP contribution >= 0.6 is 11.3 Å². The Bertz CT molecular complexity index is 1180. The summed E-state index contributed by atoms with van der Waals surface area (Å²) in [4.78, 5) is 16.2. The number of nitrogens with zero attached hydrogens (tertiary/aromatic N) is 1. The van der Waals surface area contributed by atoms with Crippen LogP contribution in [0.15, 0.2) is 63.1 Å². The van der Waals surface area contributed by atoms with Crippen LogP contribution in [0.4, 0.5) is 4.39 Å². The van der Waals surface area contributed by atoms with Gasteiger partial charge in [0, 0.05) is 22.9 Å². The number of aromatic nitrogens is 1. The van der Waals surface area contributed by atoms with E-state index < -0.39 is 0 Å². The van der Waals surface area contributed by atoms with Crippen LogP contribution in [0.5, 0.6) is 11.5 Å². The van der Waals surface area contributed by atoms with Gasteiger partial charge in [-0.15, -0.1) is 11.3 Å². The topological polar surface area (TPSA) is 61.6 Å². The molecule has 0 bridgehead atoms. The summed E-state index contributed by atoms with van der Waals surface area (Å²) < 4.78 is 29.6. The number of hydrogen-bond acceptors (Lipinski definition) is 6. The molecule has 0 aliphatic rings. The summed E-state index contributed by atoms with van der Waals surface area (Å²) in [6, 6.07) is 12.9. The van der Waals surface area contributed by atoms with Crippen molar-refractivity contribution in [2.45, 2.75) is 26.6 Å². The molecule has 0 fully saturated rings. The van der Waals surface area contributed by atoms with E-state index in [2.05, 4.69) is 4.98 Å². The highest BCUT2D eigenvalue weighted by Crippen LogP contribution is 2.24. The molecule has 0 radical (unpaired) electrons. The predicted octanol–water partition coefficient (Wildman–Crippen LogP) is 5.11. The smallest absolute Gasteiger partial charge is 0.336 e. The first-order chi connectivity index (χ1) is 14.1. The second kappa shape index (κ2) is 8.45. The molecule has 0 N–H and O–H groups in total. The van der Waals surface area contributed by atoms with Crippen molar-refractivity contribution < 1.29 is 18.3 Å². The van der Waals surface area contributed by atoms with Crippen molar-refractivity contribution in [3.05, 3.63) is 86.4 Å². The molecule has 0 unspecified atom stereocenters. The van der Waals surface area contributed by atoms with Crippen molar-refractivity contribution in [2.75, 3.05) is 0 Å². The van der Waals surface area contributed by atoms with Gasteiger partial charge in [0.1, 0.15) is 41.1 Å². The number of hydrogen-bond donors (Lipinski definition) is 0. The molecule has 0 aliphatic heterocycles. The van der Waals surface area contributed by atoms with Crippen molar-refractivity contribution in [1.82, 2.24) is 4.98 Å². The van der Waals surface area contributed by atoms with Crippen LogP contribution in [0.25, 0.3) is 11.0 Å². The summed E-state index contributed by atoms with van der Waals surface area (Å²) >= 11 is 1.47. The Hall–Kier alpha value is -3.19. The third-order valence-corrected chi connectivity index (χ3v) is 5.22. The molecule has 148 valence electrons. The number of halogens is 1. The summed E-state index contributed by atoms with van der Waals surface area (Å²) in [5.74, 6) is 0.888. The van der Waals surface area contributed by atoms with Crippen LogP contribution in [0, 0.1) is 5.82 Å². The highest BCUT2D eigenvalue weighted by Gasteiger charge is 2.08. The molecule has 2 aromatic carbocycles. The molecule has 2 heterocycles. The monoisotopic (exact) mass is 411 g/mol. The van der Waals surface area contributed by atoms with Crippen LogP contribution in [0.3, 0.4) is 0 Å². The highest BCUT2D eigenvalue weighted by atomic mass is 32.1. The van der Waals surface area contributed by atoms with Crippen LogP contribution < -0.4 is 15.1 Å². The highest BCUT2D eigenvalue weighted by molar-refractivity contribution is 7.09. The Morgan fingerprint density at radius 3 is 2.59 bits per heavy atom. The molecule has 0 saturated heterocycles. The van der Waals surface area contributed by atoms with Crippen LogP contribution in [-0.2, 0) is 19.6 Å².